The van der Waals surface area contributed by atoms with Crippen molar-refractivity contribution in [3.63, 3.8) is 0 Å². The summed E-state index contributed by atoms with van der Waals surface area (Å²) in [6.07, 6.45) is 6.83. The molecule has 1 aliphatic heterocycles. The van der Waals surface area contributed by atoms with Crippen LogP contribution in [0.15, 0.2) is 30.3 Å². The third-order valence-corrected chi connectivity index (χ3v) is 5.45. The molecule has 0 unspecified atom stereocenters. The van der Waals surface area contributed by atoms with Crippen LogP contribution in [0.25, 0.3) is 0 Å². The molecule has 0 atom stereocenters. The molecule has 1 amide bonds. The molecule has 2 aromatic rings. The van der Waals surface area contributed by atoms with Gasteiger partial charge in [-0.3, -0.25) is 4.79 Å². The molecule has 136 valence electrons. The lowest BCUT2D eigenvalue weighted by atomic mass is 9.95. The summed E-state index contributed by atoms with van der Waals surface area (Å²) >= 11 is 0. The molecule has 1 aromatic heterocycles. The topological polar surface area (TPSA) is 58.1 Å². The van der Waals surface area contributed by atoms with E-state index in [0.29, 0.717) is 11.5 Å². The van der Waals surface area contributed by atoms with E-state index < -0.39 is 0 Å². The van der Waals surface area contributed by atoms with Crippen LogP contribution in [-0.4, -0.2) is 28.5 Å². The van der Waals surface area contributed by atoms with Crippen molar-refractivity contribution in [1.82, 2.24) is 15.3 Å². The van der Waals surface area contributed by atoms with Gasteiger partial charge in [0.05, 0.1) is 0 Å². The highest BCUT2D eigenvalue weighted by Crippen LogP contribution is 2.24. The highest BCUT2D eigenvalue weighted by Gasteiger charge is 2.21. The van der Waals surface area contributed by atoms with Gasteiger partial charge in [-0.05, 0) is 37.3 Å². The van der Waals surface area contributed by atoms with Crippen LogP contribution in [0.5, 0.6) is 0 Å². The highest BCUT2D eigenvalue weighted by atomic mass is 16.1. The zero-order chi connectivity index (χ0) is 17.9. The molecule has 2 heterocycles. The Hall–Kier alpha value is -2.43. The molecule has 5 nitrogen and oxygen atoms in total. The molecule has 2 aliphatic rings. The van der Waals surface area contributed by atoms with Gasteiger partial charge in [-0.1, -0.05) is 43.5 Å². The van der Waals surface area contributed by atoms with Gasteiger partial charge in [0.2, 0.25) is 0 Å². The van der Waals surface area contributed by atoms with Gasteiger partial charge < -0.3 is 10.2 Å². The van der Waals surface area contributed by atoms with Crippen molar-refractivity contribution < 1.29 is 4.79 Å². The van der Waals surface area contributed by atoms with Gasteiger partial charge in [0, 0.05) is 25.2 Å². The Balaban J connectivity index is 1.52. The van der Waals surface area contributed by atoms with Crippen LogP contribution in [0.4, 0.5) is 5.82 Å². The lowest BCUT2D eigenvalue weighted by Gasteiger charge is -2.30. The first-order valence-corrected chi connectivity index (χ1v) is 9.67. The Morgan fingerprint density at radius 1 is 1.12 bits per heavy atom. The summed E-state index contributed by atoms with van der Waals surface area (Å²) in [6.45, 7) is 3.60. The SMILES string of the molecule is Cc1nc(C(=O)NC2CCCCC2)cc(N2CCc3ccccc3C2)n1. The van der Waals surface area contributed by atoms with Crippen molar-refractivity contribution in [3.8, 4) is 0 Å². The zero-order valence-corrected chi connectivity index (χ0v) is 15.4. The average molecular weight is 350 g/mol. The Morgan fingerprint density at radius 3 is 2.69 bits per heavy atom. The van der Waals surface area contributed by atoms with Gasteiger partial charge in [-0.2, -0.15) is 0 Å². The van der Waals surface area contributed by atoms with Crippen LogP contribution in [-0.2, 0) is 13.0 Å². The lowest BCUT2D eigenvalue weighted by Crippen LogP contribution is -2.37. The molecule has 1 fully saturated rings. The van der Waals surface area contributed by atoms with Crippen LogP contribution < -0.4 is 10.2 Å². The van der Waals surface area contributed by atoms with Crippen molar-refractivity contribution in [2.45, 2.75) is 58.0 Å². The number of amides is 1. The molecule has 1 aliphatic carbocycles. The zero-order valence-electron chi connectivity index (χ0n) is 15.4. The van der Waals surface area contributed by atoms with Crippen LogP contribution >= 0.6 is 0 Å². The second-order valence-corrected chi connectivity index (χ2v) is 7.41. The molecule has 0 radical (unpaired) electrons. The molecule has 1 N–H and O–H groups in total. The van der Waals surface area contributed by atoms with E-state index in [2.05, 4.69) is 44.5 Å². The molecule has 1 saturated carbocycles. The predicted octanol–water partition coefficient (Wildman–Crippen LogP) is 3.41. The third kappa shape index (κ3) is 3.71. The number of carbonyl (C=O) groups is 1. The molecular formula is C21H26N4O. The van der Waals surface area contributed by atoms with Crippen LogP contribution in [0.3, 0.4) is 0 Å². The van der Waals surface area contributed by atoms with Gasteiger partial charge in [-0.25, -0.2) is 9.97 Å². The maximum atomic E-state index is 12.7. The Bertz CT molecular complexity index is 798. The number of anilines is 1. The number of fused-ring (bicyclic) bond motifs is 1. The first-order chi connectivity index (χ1) is 12.7. The van der Waals surface area contributed by atoms with E-state index in [1.807, 2.05) is 13.0 Å². The minimum Gasteiger partial charge on any atom is -0.352 e. The summed E-state index contributed by atoms with van der Waals surface area (Å²) in [5.41, 5.74) is 3.23. The van der Waals surface area contributed by atoms with Crippen molar-refractivity contribution in [2.75, 3.05) is 11.4 Å². The molecule has 26 heavy (non-hydrogen) atoms. The van der Waals surface area contributed by atoms with Crippen LogP contribution in [0.1, 0.15) is 59.5 Å². The number of nitrogens with zero attached hydrogens (tertiary/aromatic N) is 3. The fourth-order valence-electron chi connectivity index (χ4n) is 4.03. The van der Waals surface area contributed by atoms with E-state index in [4.69, 9.17) is 0 Å². The van der Waals surface area contributed by atoms with Gasteiger partial charge in [0.1, 0.15) is 17.3 Å². The van der Waals surface area contributed by atoms with Crippen LogP contribution in [0, 0.1) is 6.92 Å². The minimum absolute atomic E-state index is 0.0685. The summed E-state index contributed by atoms with van der Waals surface area (Å²) in [7, 11) is 0. The standard InChI is InChI=1S/C21H26N4O/c1-15-22-19(21(26)24-18-9-3-2-4-10-18)13-20(23-15)25-12-11-16-7-5-6-8-17(16)14-25/h5-8,13,18H,2-4,9-12,14H2,1H3,(H,24,26). The largest absolute Gasteiger partial charge is 0.352 e. The maximum Gasteiger partial charge on any atom is 0.270 e. The summed E-state index contributed by atoms with van der Waals surface area (Å²) in [5, 5.41) is 3.16. The van der Waals surface area contributed by atoms with Crippen molar-refractivity contribution >= 4 is 11.7 Å². The first kappa shape index (κ1) is 17.0. The second-order valence-electron chi connectivity index (χ2n) is 7.41. The van der Waals surface area contributed by atoms with E-state index in [9.17, 15) is 4.79 Å². The average Bonchev–Trinajstić information content (AvgIpc) is 2.68. The Labute approximate surface area is 154 Å². The second kappa shape index (κ2) is 7.44. The molecular weight excluding hydrogens is 324 g/mol. The number of nitrogens with one attached hydrogen (secondary N) is 1. The van der Waals surface area contributed by atoms with Crippen molar-refractivity contribution in [1.29, 1.82) is 0 Å². The molecule has 0 spiro atoms. The molecule has 0 bridgehead atoms. The van der Waals surface area contributed by atoms with Crippen molar-refractivity contribution in [2.24, 2.45) is 0 Å². The maximum absolute atomic E-state index is 12.7. The van der Waals surface area contributed by atoms with Gasteiger partial charge >= 0.3 is 0 Å². The van der Waals surface area contributed by atoms with E-state index in [1.165, 1.54) is 30.4 Å². The normalized spacial score (nSPS) is 17.7. The lowest BCUT2D eigenvalue weighted by molar-refractivity contribution is 0.0922. The van der Waals surface area contributed by atoms with E-state index in [1.54, 1.807) is 0 Å². The Morgan fingerprint density at radius 2 is 1.88 bits per heavy atom. The van der Waals surface area contributed by atoms with Crippen molar-refractivity contribution in [3.05, 3.63) is 53.0 Å². The summed E-state index contributed by atoms with van der Waals surface area (Å²) in [6, 6.07) is 10.7. The number of hydrogen-bond donors (Lipinski definition) is 1. The summed E-state index contributed by atoms with van der Waals surface area (Å²) in [5.74, 6) is 1.43. The number of aryl methyl sites for hydroxylation is 1. The van der Waals surface area contributed by atoms with Crippen LogP contribution in [0.2, 0.25) is 0 Å². The molecule has 5 heteroatoms. The third-order valence-electron chi connectivity index (χ3n) is 5.45. The first-order valence-electron chi connectivity index (χ1n) is 9.67. The van der Waals surface area contributed by atoms with Gasteiger partial charge in [0.25, 0.3) is 5.91 Å². The molecule has 0 saturated heterocycles. The summed E-state index contributed by atoms with van der Waals surface area (Å²) < 4.78 is 0. The minimum atomic E-state index is -0.0685. The molecule has 1 aromatic carbocycles. The Kier molecular flexibility index (Phi) is 4.87. The number of carbonyl (C=O) groups excluding carboxylic acids is 1. The number of rotatable bonds is 3. The number of aromatic nitrogens is 2. The monoisotopic (exact) mass is 350 g/mol. The quantitative estimate of drug-likeness (QED) is 0.922. The number of benzene rings is 1. The fraction of sp³-hybridized carbons (Fsp3) is 0.476. The van der Waals surface area contributed by atoms with E-state index >= 15 is 0 Å². The predicted molar refractivity (Wildman–Crippen MR) is 102 cm³/mol. The molecule has 4 rings (SSSR count). The number of hydrogen-bond acceptors (Lipinski definition) is 4. The summed E-state index contributed by atoms with van der Waals surface area (Å²) in [4.78, 5) is 23.9. The van der Waals surface area contributed by atoms with Gasteiger partial charge in [-0.15, -0.1) is 0 Å². The fourth-order valence-corrected chi connectivity index (χ4v) is 4.03. The smallest absolute Gasteiger partial charge is 0.270 e. The van der Waals surface area contributed by atoms with Gasteiger partial charge in [0.15, 0.2) is 0 Å². The van der Waals surface area contributed by atoms with E-state index in [0.717, 1.165) is 38.2 Å². The highest BCUT2D eigenvalue weighted by molar-refractivity contribution is 5.93. The van der Waals surface area contributed by atoms with E-state index in [-0.39, 0.29) is 11.9 Å².